The van der Waals surface area contributed by atoms with Crippen LogP contribution in [0, 0.1) is 33.3 Å². The van der Waals surface area contributed by atoms with Gasteiger partial charge in [-0.25, -0.2) is 0 Å². The second-order valence-electron chi connectivity index (χ2n) is 5.86. The Labute approximate surface area is 89.2 Å². The largest absolute Gasteiger partial charge is 0.299 e. The topological polar surface area (TPSA) is 60.2 Å². The zero-order valence-corrected chi connectivity index (χ0v) is 9.40. The van der Waals surface area contributed by atoms with E-state index >= 15 is 0 Å². The first kappa shape index (κ1) is 10.6. The van der Waals surface area contributed by atoms with Gasteiger partial charge >= 0.3 is 0 Å². The summed E-state index contributed by atoms with van der Waals surface area (Å²) in [6, 6.07) is -0.579. The molecule has 0 N–H and O–H groups in total. The fourth-order valence-electron chi connectivity index (χ4n) is 3.15. The summed E-state index contributed by atoms with van der Waals surface area (Å²) >= 11 is 0. The molecule has 0 saturated heterocycles. The standard InChI is InChI=1S/C11H17NO3/c1-11(2,3)6-4-5-7(13)9-8(6)10(9)12(14)15/h6,8-10H,4-5H2,1-3H3/t6-,8+,9-,10-/m1/s1. The Bertz CT molecular complexity index is 314. The number of rotatable bonds is 1. The minimum Gasteiger partial charge on any atom is -0.299 e. The van der Waals surface area contributed by atoms with E-state index in [2.05, 4.69) is 20.8 Å². The summed E-state index contributed by atoms with van der Waals surface area (Å²) in [5, 5.41) is 10.8. The summed E-state index contributed by atoms with van der Waals surface area (Å²) in [6.45, 7) is 6.33. The van der Waals surface area contributed by atoms with Gasteiger partial charge < -0.3 is 0 Å². The van der Waals surface area contributed by atoms with Crippen LogP contribution in [-0.4, -0.2) is 16.7 Å². The normalized spacial score (nSPS) is 39.8. The maximum atomic E-state index is 11.5. The summed E-state index contributed by atoms with van der Waals surface area (Å²) in [7, 11) is 0. The fourth-order valence-corrected chi connectivity index (χ4v) is 3.15. The lowest BCUT2D eigenvalue weighted by atomic mass is 9.72. The molecule has 2 aliphatic rings. The molecular formula is C11H17NO3. The number of carbonyl (C=O) groups is 1. The number of ketones is 1. The second-order valence-corrected chi connectivity index (χ2v) is 5.86. The number of fused-ring (bicyclic) bond motifs is 1. The van der Waals surface area contributed by atoms with Crippen molar-refractivity contribution in [3.8, 4) is 0 Å². The van der Waals surface area contributed by atoms with Crippen molar-refractivity contribution in [2.75, 3.05) is 0 Å². The number of hydrogen-bond acceptors (Lipinski definition) is 3. The molecule has 4 nitrogen and oxygen atoms in total. The van der Waals surface area contributed by atoms with Crippen LogP contribution >= 0.6 is 0 Å². The van der Waals surface area contributed by atoms with Crippen LogP contribution < -0.4 is 0 Å². The Balaban J connectivity index is 2.20. The first-order valence-electron chi connectivity index (χ1n) is 5.50. The molecule has 4 atom stereocenters. The van der Waals surface area contributed by atoms with Gasteiger partial charge in [-0.1, -0.05) is 20.8 Å². The average Bonchev–Trinajstić information content (AvgIpc) is 2.77. The number of carbonyl (C=O) groups excluding carboxylic acids is 1. The maximum Gasteiger partial charge on any atom is 0.227 e. The van der Waals surface area contributed by atoms with Crippen LogP contribution in [0.5, 0.6) is 0 Å². The van der Waals surface area contributed by atoms with Crippen LogP contribution in [0.1, 0.15) is 33.6 Å². The molecule has 84 valence electrons. The summed E-state index contributed by atoms with van der Waals surface area (Å²) in [4.78, 5) is 22.1. The Kier molecular flexibility index (Phi) is 2.14. The van der Waals surface area contributed by atoms with Crippen LogP contribution in [0.4, 0.5) is 0 Å². The van der Waals surface area contributed by atoms with Gasteiger partial charge in [0.25, 0.3) is 0 Å². The first-order chi connectivity index (χ1) is 6.84. The molecule has 0 radical (unpaired) electrons. The molecule has 2 saturated carbocycles. The van der Waals surface area contributed by atoms with Crippen molar-refractivity contribution in [2.45, 2.75) is 39.7 Å². The third-order valence-electron chi connectivity index (χ3n) is 3.93. The Morgan fingerprint density at radius 2 is 2.00 bits per heavy atom. The quantitative estimate of drug-likeness (QED) is 0.491. The fraction of sp³-hybridized carbons (Fsp3) is 0.909. The Morgan fingerprint density at radius 3 is 2.47 bits per heavy atom. The van der Waals surface area contributed by atoms with Crippen LogP contribution in [0.25, 0.3) is 0 Å². The van der Waals surface area contributed by atoms with Gasteiger partial charge in [-0.2, -0.15) is 0 Å². The molecule has 0 bridgehead atoms. The smallest absolute Gasteiger partial charge is 0.227 e. The van der Waals surface area contributed by atoms with Crippen LogP contribution in [0.2, 0.25) is 0 Å². The lowest BCUT2D eigenvalue weighted by Gasteiger charge is -2.32. The molecule has 4 heteroatoms. The Morgan fingerprint density at radius 1 is 1.40 bits per heavy atom. The number of hydrogen-bond donors (Lipinski definition) is 0. The molecule has 15 heavy (non-hydrogen) atoms. The highest BCUT2D eigenvalue weighted by Gasteiger charge is 2.69. The van der Waals surface area contributed by atoms with Crippen molar-refractivity contribution in [2.24, 2.45) is 23.2 Å². The number of nitro groups is 1. The average molecular weight is 211 g/mol. The van der Waals surface area contributed by atoms with Crippen LogP contribution in [-0.2, 0) is 4.79 Å². The molecule has 0 amide bonds. The highest BCUT2D eigenvalue weighted by Crippen LogP contribution is 2.57. The number of nitrogens with zero attached hydrogens (tertiary/aromatic N) is 1. The van der Waals surface area contributed by atoms with Crippen molar-refractivity contribution in [3.63, 3.8) is 0 Å². The molecule has 0 aliphatic heterocycles. The van der Waals surface area contributed by atoms with Crippen molar-refractivity contribution in [1.29, 1.82) is 0 Å². The molecule has 0 aromatic heterocycles. The van der Waals surface area contributed by atoms with Crippen LogP contribution in [0.3, 0.4) is 0 Å². The van der Waals surface area contributed by atoms with Gasteiger partial charge in [0.05, 0.1) is 5.92 Å². The van der Waals surface area contributed by atoms with Gasteiger partial charge in [-0.05, 0) is 17.8 Å². The monoisotopic (exact) mass is 211 g/mol. The summed E-state index contributed by atoms with van der Waals surface area (Å²) in [5.41, 5.74) is 0.0778. The third-order valence-corrected chi connectivity index (χ3v) is 3.93. The lowest BCUT2D eigenvalue weighted by molar-refractivity contribution is -0.501. The maximum absolute atomic E-state index is 11.5. The highest BCUT2D eigenvalue weighted by molar-refractivity contribution is 5.86. The molecule has 0 unspecified atom stereocenters. The number of Topliss-reactive ketones (excluding diaryl/α,β-unsaturated/α-hetero) is 1. The van der Waals surface area contributed by atoms with Crippen LogP contribution in [0.15, 0.2) is 0 Å². The third kappa shape index (κ3) is 1.56. The van der Waals surface area contributed by atoms with Gasteiger partial charge in [-0.15, -0.1) is 0 Å². The van der Waals surface area contributed by atoms with E-state index in [1.807, 2.05) is 0 Å². The van der Waals surface area contributed by atoms with E-state index in [1.54, 1.807) is 0 Å². The van der Waals surface area contributed by atoms with Gasteiger partial charge in [0.1, 0.15) is 5.78 Å². The Hall–Kier alpha value is -0.930. The van der Waals surface area contributed by atoms with Crippen molar-refractivity contribution in [3.05, 3.63) is 10.1 Å². The zero-order chi connectivity index (χ0) is 11.4. The predicted molar refractivity (Wildman–Crippen MR) is 54.9 cm³/mol. The van der Waals surface area contributed by atoms with Crippen molar-refractivity contribution in [1.82, 2.24) is 0 Å². The van der Waals surface area contributed by atoms with Crippen molar-refractivity contribution < 1.29 is 9.72 Å². The van der Waals surface area contributed by atoms with Gasteiger partial charge in [0, 0.05) is 17.3 Å². The van der Waals surface area contributed by atoms with E-state index in [1.165, 1.54) is 0 Å². The SMILES string of the molecule is CC(C)(C)[C@@H]1CCC(=O)[C@@H]2[C@H]1[C@H]2[N+](=O)[O-]. The van der Waals surface area contributed by atoms with Gasteiger partial charge in [-0.3, -0.25) is 14.9 Å². The zero-order valence-electron chi connectivity index (χ0n) is 9.40. The molecule has 0 aromatic carbocycles. The van der Waals surface area contributed by atoms with E-state index < -0.39 is 6.04 Å². The molecule has 0 aromatic rings. The van der Waals surface area contributed by atoms with E-state index in [0.29, 0.717) is 12.3 Å². The van der Waals surface area contributed by atoms with E-state index in [4.69, 9.17) is 0 Å². The van der Waals surface area contributed by atoms with Crippen molar-refractivity contribution >= 4 is 5.78 Å². The van der Waals surface area contributed by atoms with E-state index in [9.17, 15) is 14.9 Å². The molecule has 2 fully saturated rings. The highest BCUT2D eigenvalue weighted by atomic mass is 16.6. The molecular weight excluding hydrogens is 194 g/mol. The minimum atomic E-state index is -0.579. The van der Waals surface area contributed by atoms with Gasteiger partial charge in [0.2, 0.25) is 6.04 Å². The summed E-state index contributed by atoms with van der Waals surface area (Å²) < 4.78 is 0. The summed E-state index contributed by atoms with van der Waals surface area (Å²) in [6.07, 6.45) is 1.36. The van der Waals surface area contributed by atoms with E-state index in [-0.39, 0.29) is 28.0 Å². The molecule has 2 aliphatic carbocycles. The first-order valence-corrected chi connectivity index (χ1v) is 5.50. The summed E-state index contributed by atoms with van der Waals surface area (Å²) in [5.74, 6) is 0.192. The minimum absolute atomic E-state index is 0.0150. The predicted octanol–water partition coefficient (Wildman–Crippen LogP) is 1.90. The lowest BCUT2D eigenvalue weighted by Crippen LogP contribution is -2.28. The van der Waals surface area contributed by atoms with E-state index in [0.717, 1.165) is 6.42 Å². The molecule has 0 spiro atoms. The molecule has 0 heterocycles. The molecule has 2 rings (SSSR count). The van der Waals surface area contributed by atoms with Gasteiger partial charge in [0.15, 0.2) is 0 Å². The second kappa shape index (κ2) is 3.03.